The third kappa shape index (κ3) is 1.64. The summed E-state index contributed by atoms with van der Waals surface area (Å²) < 4.78 is 1.66. The van der Waals surface area contributed by atoms with E-state index in [9.17, 15) is 9.90 Å². The summed E-state index contributed by atoms with van der Waals surface area (Å²) in [5.41, 5.74) is 0.486. The monoisotopic (exact) mass is 275 g/mol. The Balaban J connectivity index is 1.69. The second-order valence-electron chi connectivity index (χ2n) is 7.32. The molecule has 1 unspecified atom stereocenters. The number of aromatic carboxylic acids is 1. The molecular formula is C15H21N3O2. The number of carboxylic acid groups (broad SMARTS) is 1. The lowest BCUT2D eigenvalue weighted by atomic mass is 9.48. The summed E-state index contributed by atoms with van der Waals surface area (Å²) in [7, 11) is 0. The van der Waals surface area contributed by atoms with E-state index in [1.54, 1.807) is 4.68 Å². The van der Waals surface area contributed by atoms with Crippen molar-refractivity contribution in [1.82, 2.24) is 15.0 Å². The molecule has 5 heteroatoms. The Morgan fingerprint density at radius 3 is 2.35 bits per heavy atom. The fourth-order valence-electron chi connectivity index (χ4n) is 5.63. The highest BCUT2D eigenvalue weighted by molar-refractivity contribution is 5.85. The van der Waals surface area contributed by atoms with E-state index in [4.69, 9.17) is 0 Å². The Morgan fingerprint density at radius 2 is 1.85 bits per heavy atom. The van der Waals surface area contributed by atoms with Gasteiger partial charge < -0.3 is 5.11 Å². The fraction of sp³-hybridized carbons (Fsp3) is 0.800. The maximum atomic E-state index is 11.3. The topological polar surface area (TPSA) is 68.0 Å². The van der Waals surface area contributed by atoms with Crippen molar-refractivity contribution < 1.29 is 9.90 Å². The van der Waals surface area contributed by atoms with Crippen molar-refractivity contribution in [3.8, 4) is 0 Å². The molecule has 1 atom stereocenters. The molecule has 4 fully saturated rings. The van der Waals surface area contributed by atoms with Crippen LogP contribution in [0.3, 0.4) is 0 Å². The SMILES string of the molecule is CC(n1nncc1C(=O)O)C12CC3CC(CC(C3)C1)C2. The molecule has 1 N–H and O–H groups in total. The molecule has 1 aromatic heterocycles. The van der Waals surface area contributed by atoms with Crippen LogP contribution in [0.1, 0.15) is 62.0 Å². The first-order valence-corrected chi connectivity index (χ1v) is 7.71. The van der Waals surface area contributed by atoms with Gasteiger partial charge in [-0.15, -0.1) is 5.10 Å². The third-order valence-corrected chi connectivity index (χ3v) is 6.13. The highest BCUT2D eigenvalue weighted by atomic mass is 16.4. The first kappa shape index (κ1) is 12.4. The minimum atomic E-state index is -0.924. The van der Waals surface area contributed by atoms with Gasteiger partial charge in [0.25, 0.3) is 0 Å². The van der Waals surface area contributed by atoms with Gasteiger partial charge in [-0.1, -0.05) is 5.21 Å². The average molecular weight is 275 g/mol. The second-order valence-corrected chi connectivity index (χ2v) is 7.32. The Hall–Kier alpha value is -1.39. The highest BCUT2D eigenvalue weighted by Crippen LogP contribution is 2.63. The highest BCUT2D eigenvalue weighted by Gasteiger charge is 2.54. The molecule has 0 radical (unpaired) electrons. The van der Waals surface area contributed by atoms with E-state index in [1.165, 1.54) is 44.7 Å². The Bertz CT molecular complexity index is 516. The molecule has 0 saturated heterocycles. The molecule has 4 saturated carbocycles. The van der Waals surface area contributed by atoms with Gasteiger partial charge in [0.05, 0.1) is 12.2 Å². The van der Waals surface area contributed by atoms with Crippen LogP contribution >= 0.6 is 0 Å². The van der Waals surface area contributed by atoms with Gasteiger partial charge in [0.2, 0.25) is 0 Å². The van der Waals surface area contributed by atoms with Gasteiger partial charge in [-0.25, -0.2) is 9.48 Å². The largest absolute Gasteiger partial charge is 0.476 e. The molecule has 1 heterocycles. The molecule has 4 aliphatic rings. The molecule has 5 nitrogen and oxygen atoms in total. The molecule has 4 aliphatic carbocycles. The third-order valence-electron chi connectivity index (χ3n) is 6.13. The van der Waals surface area contributed by atoms with Crippen LogP contribution < -0.4 is 0 Å². The summed E-state index contributed by atoms with van der Waals surface area (Å²) in [6, 6.07) is 0.143. The van der Waals surface area contributed by atoms with Crippen molar-refractivity contribution in [2.75, 3.05) is 0 Å². The first-order chi connectivity index (χ1) is 9.57. The fourth-order valence-corrected chi connectivity index (χ4v) is 5.63. The van der Waals surface area contributed by atoms with Crippen molar-refractivity contribution in [2.24, 2.45) is 23.2 Å². The van der Waals surface area contributed by atoms with E-state index in [1.807, 2.05) is 0 Å². The molecule has 0 aliphatic heterocycles. The lowest BCUT2D eigenvalue weighted by molar-refractivity contribution is -0.0816. The van der Waals surface area contributed by atoms with Gasteiger partial charge in [-0.2, -0.15) is 0 Å². The molecular weight excluding hydrogens is 254 g/mol. The molecule has 4 bridgehead atoms. The van der Waals surface area contributed by atoms with Crippen molar-refractivity contribution in [3.05, 3.63) is 11.9 Å². The van der Waals surface area contributed by atoms with Crippen LogP contribution in [-0.2, 0) is 0 Å². The maximum absolute atomic E-state index is 11.3. The summed E-state index contributed by atoms with van der Waals surface area (Å²) in [6.07, 6.45) is 9.32. The van der Waals surface area contributed by atoms with Gasteiger partial charge in [-0.05, 0) is 68.6 Å². The number of carboxylic acids is 1. The number of carbonyl (C=O) groups is 1. The number of aromatic nitrogens is 3. The number of hydrogen-bond acceptors (Lipinski definition) is 3. The Kier molecular flexibility index (Phi) is 2.51. The van der Waals surface area contributed by atoms with Crippen LogP contribution in [0.25, 0.3) is 0 Å². The average Bonchev–Trinajstić information content (AvgIpc) is 2.85. The zero-order chi connectivity index (χ0) is 13.9. The summed E-state index contributed by atoms with van der Waals surface area (Å²) in [5, 5.41) is 17.2. The van der Waals surface area contributed by atoms with E-state index in [0.29, 0.717) is 0 Å². The van der Waals surface area contributed by atoms with Gasteiger partial charge in [0.1, 0.15) is 0 Å². The predicted octanol–water partition coefficient (Wildman–Crippen LogP) is 2.75. The van der Waals surface area contributed by atoms with Crippen molar-refractivity contribution in [1.29, 1.82) is 0 Å². The lowest BCUT2D eigenvalue weighted by Gasteiger charge is -2.58. The smallest absolute Gasteiger partial charge is 0.355 e. The zero-order valence-corrected chi connectivity index (χ0v) is 11.8. The molecule has 108 valence electrons. The molecule has 0 spiro atoms. The predicted molar refractivity (Wildman–Crippen MR) is 72.3 cm³/mol. The molecule has 5 rings (SSSR count). The minimum absolute atomic E-state index is 0.143. The van der Waals surface area contributed by atoms with Crippen LogP contribution in [0.4, 0.5) is 0 Å². The van der Waals surface area contributed by atoms with E-state index in [-0.39, 0.29) is 17.2 Å². The standard InChI is InChI=1S/C15H21N3O2/c1-9(18-13(14(19)20)8-16-17-18)15-5-10-2-11(6-15)4-12(3-10)7-15/h8-12H,2-7H2,1H3,(H,19,20). The van der Waals surface area contributed by atoms with Crippen molar-refractivity contribution >= 4 is 5.97 Å². The lowest BCUT2D eigenvalue weighted by Crippen LogP contribution is -2.49. The van der Waals surface area contributed by atoms with Crippen LogP contribution in [0.15, 0.2) is 6.20 Å². The van der Waals surface area contributed by atoms with Crippen LogP contribution in [0.5, 0.6) is 0 Å². The van der Waals surface area contributed by atoms with Gasteiger partial charge in [0.15, 0.2) is 5.69 Å². The van der Waals surface area contributed by atoms with Crippen LogP contribution in [-0.4, -0.2) is 26.1 Å². The normalized spacial score (nSPS) is 40.0. The summed E-state index contributed by atoms with van der Waals surface area (Å²) in [4.78, 5) is 11.3. The van der Waals surface area contributed by atoms with Crippen LogP contribution in [0, 0.1) is 23.2 Å². The van der Waals surface area contributed by atoms with E-state index >= 15 is 0 Å². The van der Waals surface area contributed by atoms with Gasteiger partial charge >= 0.3 is 5.97 Å². The van der Waals surface area contributed by atoms with E-state index in [0.717, 1.165) is 17.8 Å². The number of nitrogens with zero attached hydrogens (tertiary/aromatic N) is 3. The Morgan fingerprint density at radius 1 is 1.30 bits per heavy atom. The Labute approximate surface area is 118 Å². The van der Waals surface area contributed by atoms with Gasteiger partial charge in [-0.3, -0.25) is 0 Å². The molecule has 0 aromatic carbocycles. The quantitative estimate of drug-likeness (QED) is 0.921. The molecule has 20 heavy (non-hydrogen) atoms. The first-order valence-electron chi connectivity index (χ1n) is 7.71. The second kappa shape index (κ2) is 4.06. The summed E-state index contributed by atoms with van der Waals surface area (Å²) in [6.45, 7) is 2.15. The van der Waals surface area contributed by atoms with E-state index in [2.05, 4.69) is 17.2 Å². The molecule has 1 aromatic rings. The number of rotatable bonds is 3. The van der Waals surface area contributed by atoms with Crippen molar-refractivity contribution in [2.45, 2.75) is 51.5 Å². The van der Waals surface area contributed by atoms with Crippen molar-refractivity contribution in [3.63, 3.8) is 0 Å². The zero-order valence-electron chi connectivity index (χ0n) is 11.8. The number of hydrogen-bond donors (Lipinski definition) is 1. The minimum Gasteiger partial charge on any atom is -0.476 e. The molecule has 0 amide bonds. The summed E-state index contributed by atoms with van der Waals surface area (Å²) in [5.74, 6) is 1.66. The van der Waals surface area contributed by atoms with Gasteiger partial charge in [0, 0.05) is 0 Å². The van der Waals surface area contributed by atoms with Crippen LogP contribution in [0.2, 0.25) is 0 Å². The maximum Gasteiger partial charge on any atom is 0.355 e. The summed E-state index contributed by atoms with van der Waals surface area (Å²) >= 11 is 0. The van der Waals surface area contributed by atoms with E-state index < -0.39 is 5.97 Å².